The lowest BCUT2D eigenvalue weighted by molar-refractivity contribution is -0.139. The summed E-state index contributed by atoms with van der Waals surface area (Å²) in [5, 5.41) is 19.0. The number of benzene rings is 1. The van der Waals surface area contributed by atoms with Crippen molar-refractivity contribution in [2.24, 2.45) is 0 Å². The first-order valence-corrected chi connectivity index (χ1v) is 5.27. The summed E-state index contributed by atoms with van der Waals surface area (Å²) in [4.78, 5) is 22.2. The third-order valence-electron chi connectivity index (χ3n) is 2.37. The summed E-state index contributed by atoms with van der Waals surface area (Å²) >= 11 is 0. The number of hydrogen-bond donors (Lipinski definition) is 3. The van der Waals surface area contributed by atoms with Gasteiger partial charge in [-0.3, -0.25) is 4.79 Å². The Kier molecular flexibility index (Phi) is 5.03. The minimum Gasteiger partial charge on any atom is -0.480 e. The predicted octanol–water partition coefficient (Wildman–Crippen LogP) is 0.808. The number of rotatable bonds is 5. The van der Waals surface area contributed by atoms with Gasteiger partial charge >= 0.3 is 5.97 Å². The fourth-order valence-electron chi connectivity index (χ4n) is 1.36. The molecule has 0 saturated carbocycles. The number of aliphatic carboxylic acids is 1. The van der Waals surface area contributed by atoms with Crippen LogP contribution in [0.1, 0.15) is 16.8 Å². The van der Waals surface area contributed by atoms with Crippen LogP contribution in [0.4, 0.5) is 17.6 Å². The maximum Gasteiger partial charge on any atom is 0.326 e. The minimum absolute atomic E-state index is 0.112. The first-order chi connectivity index (χ1) is 9.29. The van der Waals surface area contributed by atoms with Crippen LogP contribution >= 0.6 is 0 Å². The number of amides is 1. The van der Waals surface area contributed by atoms with Crippen LogP contribution in [-0.2, 0) is 4.79 Å². The molecule has 3 N–H and O–H groups in total. The Morgan fingerprint density at radius 2 is 1.75 bits per heavy atom. The van der Waals surface area contributed by atoms with Crippen molar-refractivity contribution in [3.8, 4) is 0 Å². The molecule has 20 heavy (non-hydrogen) atoms. The quantitative estimate of drug-likeness (QED) is 0.426. The monoisotopic (exact) mass is 295 g/mol. The molecular formula is C11H9F4NO4. The highest BCUT2D eigenvalue weighted by molar-refractivity contribution is 5.96. The molecular weight excluding hydrogens is 286 g/mol. The number of nitrogens with one attached hydrogen (secondary N) is 1. The molecule has 1 aromatic rings. The van der Waals surface area contributed by atoms with E-state index in [2.05, 4.69) is 0 Å². The van der Waals surface area contributed by atoms with Crippen molar-refractivity contribution in [1.82, 2.24) is 5.32 Å². The number of hydrogen-bond acceptors (Lipinski definition) is 3. The summed E-state index contributed by atoms with van der Waals surface area (Å²) in [6.45, 7) is -0.591. The molecule has 0 radical (unpaired) electrons. The largest absolute Gasteiger partial charge is 0.480 e. The van der Waals surface area contributed by atoms with E-state index >= 15 is 0 Å². The van der Waals surface area contributed by atoms with Gasteiger partial charge in [-0.15, -0.1) is 0 Å². The Labute approximate surface area is 109 Å². The third-order valence-corrected chi connectivity index (χ3v) is 2.37. The fraction of sp³-hybridized carbons (Fsp3) is 0.273. The molecule has 1 rings (SSSR count). The molecule has 0 saturated heterocycles. The van der Waals surface area contributed by atoms with Crippen molar-refractivity contribution in [1.29, 1.82) is 0 Å². The molecule has 0 heterocycles. The molecule has 0 aliphatic rings. The number of aliphatic hydroxyl groups excluding tert-OH is 1. The highest BCUT2D eigenvalue weighted by atomic mass is 19.2. The first-order valence-electron chi connectivity index (χ1n) is 5.27. The van der Waals surface area contributed by atoms with Gasteiger partial charge in [-0.2, -0.15) is 0 Å². The van der Waals surface area contributed by atoms with Crippen LogP contribution in [0.25, 0.3) is 0 Å². The Bertz CT molecular complexity index is 550. The van der Waals surface area contributed by atoms with E-state index in [1.165, 1.54) is 0 Å². The second kappa shape index (κ2) is 6.33. The number of aliphatic hydroxyl groups is 1. The average molecular weight is 295 g/mol. The Balaban J connectivity index is 3.07. The van der Waals surface area contributed by atoms with Crippen LogP contribution < -0.4 is 5.32 Å². The zero-order valence-electron chi connectivity index (χ0n) is 9.79. The minimum atomic E-state index is -2.18. The molecule has 1 atom stereocenters. The Morgan fingerprint density at radius 1 is 1.15 bits per heavy atom. The van der Waals surface area contributed by atoms with Crippen LogP contribution in [0.2, 0.25) is 0 Å². The van der Waals surface area contributed by atoms with Gasteiger partial charge < -0.3 is 15.5 Å². The van der Waals surface area contributed by atoms with Crippen molar-refractivity contribution in [3.63, 3.8) is 0 Å². The van der Waals surface area contributed by atoms with Gasteiger partial charge in [0, 0.05) is 13.0 Å². The van der Waals surface area contributed by atoms with E-state index < -0.39 is 59.8 Å². The molecule has 0 spiro atoms. The molecule has 1 amide bonds. The predicted molar refractivity (Wildman–Crippen MR) is 56.9 cm³/mol. The van der Waals surface area contributed by atoms with Gasteiger partial charge in [0.15, 0.2) is 23.3 Å². The fourth-order valence-corrected chi connectivity index (χ4v) is 1.36. The number of carbonyl (C=O) groups excluding carboxylic acids is 1. The van der Waals surface area contributed by atoms with Crippen molar-refractivity contribution in [2.45, 2.75) is 12.5 Å². The SMILES string of the molecule is O=C(NC(CCO)C(=O)O)c1cc(F)c(F)c(F)c1F. The zero-order chi connectivity index (χ0) is 15.4. The van der Waals surface area contributed by atoms with Gasteiger partial charge in [-0.25, -0.2) is 22.4 Å². The van der Waals surface area contributed by atoms with Crippen LogP contribution in [0.5, 0.6) is 0 Å². The van der Waals surface area contributed by atoms with Gasteiger partial charge in [0.05, 0.1) is 5.56 Å². The lowest BCUT2D eigenvalue weighted by Gasteiger charge is -2.13. The summed E-state index contributed by atoms with van der Waals surface area (Å²) in [7, 11) is 0. The van der Waals surface area contributed by atoms with Gasteiger partial charge in [0.25, 0.3) is 5.91 Å². The molecule has 0 aliphatic carbocycles. The average Bonchev–Trinajstić information content (AvgIpc) is 2.39. The molecule has 9 heteroatoms. The molecule has 0 fully saturated rings. The van der Waals surface area contributed by atoms with Crippen molar-refractivity contribution in [3.05, 3.63) is 34.9 Å². The van der Waals surface area contributed by atoms with E-state index in [-0.39, 0.29) is 6.07 Å². The third kappa shape index (κ3) is 3.23. The number of carboxylic acid groups (broad SMARTS) is 1. The summed E-state index contributed by atoms with van der Waals surface area (Å²) in [5.74, 6) is -11.0. The van der Waals surface area contributed by atoms with Gasteiger partial charge in [0.1, 0.15) is 6.04 Å². The molecule has 0 aromatic heterocycles. The summed E-state index contributed by atoms with van der Waals surface area (Å²) in [5.41, 5.74) is -1.18. The highest BCUT2D eigenvalue weighted by Crippen LogP contribution is 2.18. The summed E-state index contributed by atoms with van der Waals surface area (Å²) < 4.78 is 51.8. The molecule has 1 aromatic carbocycles. The number of carboxylic acids is 1. The highest BCUT2D eigenvalue weighted by Gasteiger charge is 2.26. The Hall–Kier alpha value is -2.16. The lowest BCUT2D eigenvalue weighted by atomic mass is 10.1. The lowest BCUT2D eigenvalue weighted by Crippen LogP contribution is -2.41. The standard InChI is InChI=1S/C11H9F4NO4/c12-5-3-4(7(13)9(15)8(5)14)10(18)16-6(1-2-17)11(19)20/h3,6,17H,1-2H2,(H,16,18)(H,19,20). The zero-order valence-corrected chi connectivity index (χ0v) is 9.79. The van der Waals surface area contributed by atoms with E-state index in [0.717, 1.165) is 0 Å². The van der Waals surface area contributed by atoms with Gasteiger partial charge in [-0.1, -0.05) is 0 Å². The smallest absolute Gasteiger partial charge is 0.326 e. The maximum absolute atomic E-state index is 13.3. The molecule has 0 bridgehead atoms. The number of halogens is 4. The topological polar surface area (TPSA) is 86.6 Å². The van der Waals surface area contributed by atoms with Gasteiger partial charge in [-0.05, 0) is 6.07 Å². The molecule has 110 valence electrons. The summed E-state index contributed by atoms with van der Waals surface area (Å²) in [6.07, 6.45) is -0.394. The molecule has 0 aliphatic heterocycles. The van der Waals surface area contributed by atoms with Gasteiger partial charge in [0.2, 0.25) is 0 Å². The van der Waals surface area contributed by atoms with Crippen molar-refractivity contribution < 1.29 is 37.4 Å². The second-order valence-electron chi connectivity index (χ2n) is 3.72. The van der Waals surface area contributed by atoms with E-state index in [1.807, 2.05) is 0 Å². The van der Waals surface area contributed by atoms with Crippen LogP contribution in [-0.4, -0.2) is 34.7 Å². The normalized spacial score (nSPS) is 12.1. The molecule has 1 unspecified atom stereocenters. The van der Waals surface area contributed by atoms with Crippen molar-refractivity contribution in [2.75, 3.05) is 6.61 Å². The van der Waals surface area contributed by atoms with E-state index in [9.17, 15) is 27.2 Å². The second-order valence-corrected chi connectivity index (χ2v) is 3.72. The maximum atomic E-state index is 13.3. The van der Waals surface area contributed by atoms with E-state index in [4.69, 9.17) is 10.2 Å². The van der Waals surface area contributed by atoms with Crippen LogP contribution in [0.3, 0.4) is 0 Å². The Morgan fingerprint density at radius 3 is 2.25 bits per heavy atom. The van der Waals surface area contributed by atoms with E-state index in [1.54, 1.807) is 5.32 Å². The van der Waals surface area contributed by atoms with Crippen molar-refractivity contribution >= 4 is 11.9 Å². The van der Waals surface area contributed by atoms with E-state index in [0.29, 0.717) is 0 Å². The van der Waals surface area contributed by atoms with Crippen LogP contribution in [0, 0.1) is 23.3 Å². The summed E-state index contributed by atoms with van der Waals surface area (Å²) in [6, 6.07) is -1.47. The number of carbonyl (C=O) groups is 2. The van der Waals surface area contributed by atoms with Crippen LogP contribution in [0.15, 0.2) is 6.07 Å². The molecule has 5 nitrogen and oxygen atoms in total. The first kappa shape index (κ1) is 15.9.